The maximum absolute atomic E-state index is 11.0. The van der Waals surface area contributed by atoms with Gasteiger partial charge in [0.05, 0.1) is 12.3 Å². The Morgan fingerprint density at radius 2 is 2.29 bits per heavy atom. The highest BCUT2D eigenvalue weighted by Crippen LogP contribution is 2.15. The van der Waals surface area contributed by atoms with E-state index < -0.39 is 5.91 Å². The van der Waals surface area contributed by atoms with E-state index in [4.69, 9.17) is 16.2 Å². The number of anilines is 2. The molecule has 0 bridgehead atoms. The van der Waals surface area contributed by atoms with Crippen molar-refractivity contribution in [2.45, 2.75) is 6.92 Å². The van der Waals surface area contributed by atoms with Crippen LogP contribution in [-0.2, 0) is 4.74 Å². The monoisotopic (exact) mass is 238 g/mol. The lowest BCUT2D eigenvalue weighted by Crippen LogP contribution is -2.19. The minimum atomic E-state index is -0.571. The van der Waals surface area contributed by atoms with Crippen molar-refractivity contribution in [3.8, 4) is 0 Å². The topological polar surface area (TPSA) is 103 Å². The van der Waals surface area contributed by atoms with Gasteiger partial charge in [-0.3, -0.25) is 4.79 Å². The highest BCUT2D eigenvalue weighted by molar-refractivity contribution is 5.91. The summed E-state index contributed by atoms with van der Waals surface area (Å²) in [5, 5.41) is 3.07. The Morgan fingerprint density at radius 1 is 1.59 bits per heavy atom. The fourth-order valence-electron chi connectivity index (χ4n) is 1.36. The maximum Gasteiger partial charge on any atom is 0.267 e. The Bertz CT molecular complexity index is 395. The van der Waals surface area contributed by atoms with Gasteiger partial charge in [-0.15, -0.1) is 0 Å². The van der Waals surface area contributed by atoms with Crippen molar-refractivity contribution < 1.29 is 9.53 Å². The molecule has 6 nitrogen and oxygen atoms in total. The third-order valence-corrected chi connectivity index (χ3v) is 2.25. The lowest BCUT2D eigenvalue weighted by atomic mass is 10.2. The van der Waals surface area contributed by atoms with Crippen LogP contribution in [0.4, 0.5) is 11.5 Å². The van der Waals surface area contributed by atoms with Crippen LogP contribution in [-0.4, -0.2) is 31.2 Å². The maximum atomic E-state index is 11.0. The number of rotatable bonds is 6. The van der Waals surface area contributed by atoms with E-state index in [1.165, 1.54) is 6.07 Å². The molecule has 0 saturated carbocycles. The molecule has 6 heteroatoms. The summed E-state index contributed by atoms with van der Waals surface area (Å²) in [5.74, 6) is 0.223. The van der Waals surface area contributed by atoms with Crippen molar-refractivity contribution in [3.05, 3.63) is 17.8 Å². The van der Waals surface area contributed by atoms with Gasteiger partial charge in [0.2, 0.25) is 0 Å². The van der Waals surface area contributed by atoms with E-state index >= 15 is 0 Å². The van der Waals surface area contributed by atoms with Crippen LogP contribution in [0, 0.1) is 5.92 Å². The molecule has 0 radical (unpaired) electrons. The molecule has 0 aliphatic heterocycles. The molecule has 1 rings (SSSR count). The normalized spacial score (nSPS) is 12.1. The minimum absolute atomic E-state index is 0.195. The fraction of sp³-hybridized carbons (Fsp3) is 0.455. The summed E-state index contributed by atoms with van der Waals surface area (Å²) >= 11 is 0. The second-order valence-corrected chi connectivity index (χ2v) is 3.94. The molecule has 17 heavy (non-hydrogen) atoms. The molecular weight excluding hydrogens is 220 g/mol. The van der Waals surface area contributed by atoms with Gasteiger partial charge in [0, 0.05) is 13.7 Å². The molecule has 1 heterocycles. The van der Waals surface area contributed by atoms with Crippen LogP contribution in [0.5, 0.6) is 0 Å². The third-order valence-electron chi connectivity index (χ3n) is 2.25. The zero-order valence-corrected chi connectivity index (χ0v) is 10.1. The average Bonchev–Trinajstić information content (AvgIpc) is 2.28. The van der Waals surface area contributed by atoms with Gasteiger partial charge in [0.25, 0.3) is 5.91 Å². The summed E-state index contributed by atoms with van der Waals surface area (Å²) in [4.78, 5) is 15.0. The van der Waals surface area contributed by atoms with Gasteiger partial charge >= 0.3 is 0 Å². The number of carbonyl (C=O) groups excluding carboxylic acids is 1. The summed E-state index contributed by atoms with van der Waals surface area (Å²) in [6.07, 6.45) is 0. The Morgan fingerprint density at radius 3 is 2.88 bits per heavy atom. The van der Waals surface area contributed by atoms with E-state index in [0.717, 1.165) is 0 Å². The number of nitrogens with two attached hydrogens (primary N) is 2. The molecule has 94 valence electrons. The van der Waals surface area contributed by atoms with Gasteiger partial charge < -0.3 is 21.5 Å². The van der Waals surface area contributed by atoms with E-state index in [1.54, 1.807) is 13.2 Å². The largest absolute Gasteiger partial charge is 0.396 e. The van der Waals surface area contributed by atoms with Gasteiger partial charge in [0.1, 0.15) is 11.5 Å². The number of hydrogen-bond acceptors (Lipinski definition) is 5. The molecule has 1 unspecified atom stereocenters. The summed E-state index contributed by atoms with van der Waals surface area (Å²) in [5.41, 5.74) is 11.6. The minimum Gasteiger partial charge on any atom is -0.396 e. The van der Waals surface area contributed by atoms with Gasteiger partial charge in [-0.2, -0.15) is 0 Å². The van der Waals surface area contributed by atoms with E-state index in [0.29, 0.717) is 30.6 Å². The molecule has 0 fully saturated rings. The number of aromatic nitrogens is 1. The van der Waals surface area contributed by atoms with Crippen molar-refractivity contribution in [2.24, 2.45) is 11.7 Å². The zero-order valence-electron chi connectivity index (χ0n) is 10.1. The number of ether oxygens (including phenoxy) is 1. The molecule has 0 aliphatic rings. The summed E-state index contributed by atoms with van der Waals surface area (Å²) in [7, 11) is 1.65. The molecule has 1 atom stereocenters. The van der Waals surface area contributed by atoms with Crippen molar-refractivity contribution in [1.29, 1.82) is 0 Å². The number of nitrogen functional groups attached to an aromatic ring is 1. The predicted octanol–water partition coefficient (Wildman–Crippen LogP) is 0.457. The lowest BCUT2D eigenvalue weighted by Gasteiger charge is -2.13. The average molecular weight is 238 g/mol. The molecule has 1 amide bonds. The number of primary amides is 1. The first-order valence-corrected chi connectivity index (χ1v) is 5.33. The zero-order chi connectivity index (χ0) is 12.8. The van der Waals surface area contributed by atoms with Crippen LogP contribution >= 0.6 is 0 Å². The summed E-state index contributed by atoms with van der Waals surface area (Å²) in [6.45, 7) is 3.33. The Labute approximate surface area is 100 Å². The standard InChI is InChI=1S/C11H18N4O2/c1-7(6-17-2)5-14-11-8(12)3-4-9(15-11)10(13)16/h3-4,7H,5-6,12H2,1-2H3,(H2,13,16)(H,14,15). The van der Waals surface area contributed by atoms with Gasteiger partial charge in [0.15, 0.2) is 0 Å². The fourth-order valence-corrected chi connectivity index (χ4v) is 1.36. The number of nitrogens with zero attached hydrogens (tertiary/aromatic N) is 1. The Balaban J connectivity index is 2.69. The third kappa shape index (κ3) is 3.92. The number of pyridine rings is 1. The Kier molecular flexibility index (Phi) is 4.71. The van der Waals surface area contributed by atoms with Crippen molar-refractivity contribution in [2.75, 3.05) is 31.3 Å². The molecule has 0 aromatic carbocycles. The quantitative estimate of drug-likeness (QED) is 0.668. The van der Waals surface area contributed by atoms with Crippen LogP contribution < -0.4 is 16.8 Å². The van der Waals surface area contributed by atoms with Crippen molar-refractivity contribution >= 4 is 17.4 Å². The highest BCUT2D eigenvalue weighted by Gasteiger charge is 2.08. The first-order valence-electron chi connectivity index (χ1n) is 5.33. The molecular formula is C11H18N4O2. The Hall–Kier alpha value is -1.82. The first kappa shape index (κ1) is 13.2. The predicted molar refractivity (Wildman–Crippen MR) is 66.7 cm³/mol. The number of carbonyl (C=O) groups is 1. The summed E-state index contributed by atoms with van der Waals surface area (Å²) in [6, 6.07) is 3.11. The van der Waals surface area contributed by atoms with Crippen molar-refractivity contribution in [1.82, 2.24) is 4.98 Å². The molecule has 0 spiro atoms. The van der Waals surface area contributed by atoms with Crippen LogP contribution in [0.25, 0.3) is 0 Å². The molecule has 5 N–H and O–H groups in total. The van der Waals surface area contributed by atoms with Crippen LogP contribution in [0.3, 0.4) is 0 Å². The smallest absolute Gasteiger partial charge is 0.267 e. The molecule has 1 aromatic heterocycles. The van der Waals surface area contributed by atoms with Crippen LogP contribution in [0.1, 0.15) is 17.4 Å². The van der Waals surface area contributed by atoms with E-state index in [1.807, 2.05) is 6.92 Å². The number of nitrogens with one attached hydrogen (secondary N) is 1. The SMILES string of the molecule is COCC(C)CNc1nc(C(N)=O)ccc1N. The van der Waals surface area contributed by atoms with E-state index in [2.05, 4.69) is 10.3 Å². The second-order valence-electron chi connectivity index (χ2n) is 3.94. The van der Waals surface area contributed by atoms with Gasteiger partial charge in [-0.1, -0.05) is 6.92 Å². The summed E-state index contributed by atoms with van der Waals surface area (Å²) < 4.78 is 5.02. The second kappa shape index (κ2) is 6.05. The lowest BCUT2D eigenvalue weighted by molar-refractivity contribution is 0.0995. The van der Waals surface area contributed by atoms with E-state index in [9.17, 15) is 4.79 Å². The van der Waals surface area contributed by atoms with E-state index in [-0.39, 0.29) is 5.69 Å². The highest BCUT2D eigenvalue weighted by atomic mass is 16.5. The molecule has 0 aliphatic carbocycles. The number of methoxy groups -OCH3 is 1. The van der Waals surface area contributed by atoms with Crippen LogP contribution in [0.15, 0.2) is 12.1 Å². The van der Waals surface area contributed by atoms with Gasteiger partial charge in [-0.05, 0) is 18.1 Å². The first-order chi connectivity index (χ1) is 8.04. The molecule has 1 aromatic rings. The number of hydrogen-bond donors (Lipinski definition) is 3. The number of amides is 1. The van der Waals surface area contributed by atoms with Crippen LogP contribution in [0.2, 0.25) is 0 Å². The van der Waals surface area contributed by atoms with Crippen molar-refractivity contribution in [3.63, 3.8) is 0 Å². The van der Waals surface area contributed by atoms with Gasteiger partial charge in [-0.25, -0.2) is 4.98 Å². The molecule has 0 saturated heterocycles.